The Bertz CT molecular complexity index is 776. The summed E-state index contributed by atoms with van der Waals surface area (Å²) < 4.78 is 10.9. The zero-order chi connectivity index (χ0) is 19.8. The second-order valence-corrected chi connectivity index (χ2v) is 6.35. The van der Waals surface area contributed by atoms with Crippen LogP contribution in [0.3, 0.4) is 0 Å². The molecule has 2 aromatic rings. The summed E-state index contributed by atoms with van der Waals surface area (Å²) in [6.07, 6.45) is 3.56. The summed E-state index contributed by atoms with van der Waals surface area (Å²) in [4.78, 5) is 18.0. The van der Waals surface area contributed by atoms with Crippen LogP contribution in [0.15, 0.2) is 41.7 Å². The molecule has 1 aliphatic rings. The van der Waals surface area contributed by atoms with Crippen LogP contribution in [0, 0.1) is 0 Å². The SMILES string of the molecule is CCNC(=NCc1cccc(OC)c1OC)N1CCN(c2ncccn2)CC1. The molecule has 0 bridgehead atoms. The van der Waals surface area contributed by atoms with Crippen molar-refractivity contribution < 1.29 is 9.47 Å². The van der Waals surface area contributed by atoms with Crippen molar-refractivity contribution in [2.45, 2.75) is 13.5 Å². The second-order valence-electron chi connectivity index (χ2n) is 6.35. The lowest BCUT2D eigenvalue weighted by atomic mass is 10.2. The van der Waals surface area contributed by atoms with E-state index in [0.29, 0.717) is 6.54 Å². The van der Waals surface area contributed by atoms with Crippen LogP contribution in [0.25, 0.3) is 0 Å². The molecule has 1 aliphatic heterocycles. The number of benzene rings is 1. The number of para-hydroxylation sites is 1. The van der Waals surface area contributed by atoms with E-state index in [-0.39, 0.29) is 0 Å². The van der Waals surface area contributed by atoms with E-state index >= 15 is 0 Å². The molecule has 8 heteroatoms. The smallest absolute Gasteiger partial charge is 0.225 e. The molecule has 0 unspecified atom stereocenters. The van der Waals surface area contributed by atoms with Gasteiger partial charge in [-0.05, 0) is 19.1 Å². The third kappa shape index (κ3) is 4.62. The molecule has 0 amide bonds. The minimum absolute atomic E-state index is 0.519. The number of nitrogens with one attached hydrogen (secondary N) is 1. The number of guanidine groups is 1. The van der Waals surface area contributed by atoms with Gasteiger partial charge in [-0.1, -0.05) is 12.1 Å². The van der Waals surface area contributed by atoms with Crippen LogP contribution in [-0.2, 0) is 6.54 Å². The number of rotatable bonds is 6. The number of methoxy groups -OCH3 is 2. The van der Waals surface area contributed by atoms with Crippen molar-refractivity contribution in [2.75, 3.05) is 51.8 Å². The number of aliphatic imine (C=N–C) groups is 1. The summed E-state index contributed by atoms with van der Waals surface area (Å²) >= 11 is 0. The number of ether oxygens (including phenoxy) is 2. The summed E-state index contributed by atoms with van der Waals surface area (Å²) in [6, 6.07) is 7.70. The predicted octanol–water partition coefficient (Wildman–Crippen LogP) is 1.78. The van der Waals surface area contributed by atoms with Gasteiger partial charge in [0.25, 0.3) is 0 Å². The first-order chi connectivity index (χ1) is 13.8. The van der Waals surface area contributed by atoms with Gasteiger partial charge < -0.3 is 24.6 Å². The lowest BCUT2D eigenvalue weighted by Gasteiger charge is -2.36. The van der Waals surface area contributed by atoms with Gasteiger partial charge in [0.1, 0.15) is 0 Å². The minimum Gasteiger partial charge on any atom is -0.493 e. The maximum Gasteiger partial charge on any atom is 0.225 e. The van der Waals surface area contributed by atoms with E-state index in [2.05, 4.69) is 32.0 Å². The molecule has 1 saturated heterocycles. The molecule has 0 spiro atoms. The fourth-order valence-electron chi connectivity index (χ4n) is 3.24. The number of hydrogen-bond acceptors (Lipinski definition) is 6. The second kappa shape index (κ2) is 9.77. The molecule has 0 aliphatic carbocycles. The maximum atomic E-state index is 5.52. The highest BCUT2D eigenvalue weighted by atomic mass is 16.5. The highest BCUT2D eigenvalue weighted by molar-refractivity contribution is 5.80. The van der Waals surface area contributed by atoms with Crippen LogP contribution in [0.4, 0.5) is 5.95 Å². The van der Waals surface area contributed by atoms with E-state index in [9.17, 15) is 0 Å². The van der Waals surface area contributed by atoms with Gasteiger partial charge in [0.05, 0.1) is 20.8 Å². The molecule has 28 heavy (non-hydrogen) atoms. The van der Waals surface area contributed by atoms with Crippen molar-refractivity contribution in [2.24, 2.45) is 4.99 Å². The third-order valence-corrected chi connectivity index (χ3v) is 4.63. The molecule has 3 rings (SSSR count). The van der Waals surface area contributed by atoms with E-state index in [0.717, 1.165) is 61.7 Å². The van der Waals surface area contributed by atoms with Crippen molar-refractivity contribution >= 4 is 11.9 Å². The lowest BCUT2D eigenvalue weighted by Crippen LogP contribution is -2.52. The highest BCUT2D eigenvalue weighted by Crippen LogP contribution is 2.31. The Hall–Kier alpha value is -3.03. The molecule has 1 aromatic heterocycles. The van der Waals surface area contributed by atoms with Crippen molar-refractivity contribution in [3.63, 3.8) is 0 Å². The average Bonchev–Trinajstić information content (AvgIpc) is 2.77. The van der Waals surface area contributed by atoms with E-state index < -0.39 is 0 Å². The van der Waals surface area contributed by atoms with Gasteiger partial charge in [0.2, 0.25) is 5.95 Å². The number of nitrogens with zero attached hydrogens (tertiary/aromatic N) is 5. The molecule has 1 N–H and O–H groups in total. The Morgan fingerprint density at radius 2 is 1.82 bits per heavy atom. The standard InChI is InChI=1S/C20H28N6O2/c1-4-21-19(24-15-16-7-5-8-17(27-2)18(16)28-3)25-11-13-26(14-12-25)20-22-9-6-10-23-20/h5-10H,4,11-15H2,1-3H3,(H,21,24). The fraction of sp³-hybridized carbons (Fsp3) is 0.450. The summed E-state index contributed by atoms with van der Waals surface area (Å²) in [7, 11) is 3.30. The monoisotopic (exact) mass is 384 g/mol. The van der Waals surface area contributed by atoms with Crippen LogP contribution in [0.2, 0.25) is 0 Å². The Kier molecular flexibility index (Phi) is 6.89. The quantitative estimate of drug-likeness (QED) is 0.601. The molecule has 2 heterocycles. The first kappa shape index (κ1) is 19.7. The van der Waals surface area contributed by atoms with Crippen LogP contribution in [0.1, 0.15) is 12.5 Å². The zero-order valence-corrected chi connectivity index (χ0v) is 16.8. The molecule has 0 atom stereocenters. The predicted molar refractivity (Wildman–Crippen MR) is 110 cm³/mol. The van der Waals surface area contributed by atoms with Gasteiger partial charge >= 0.3 is 0 Å². The zero-order valence-electron chi connectivity index (χ0n) is 16.8. The molecular weight excluding hydrogens is 356 g/mol. The first-order valence-electron chi connectivity index (χ1n) is 9.52. The summed E-state index contributed by atoms with van der Waals surface area (Å²) in [5, 5.41) is 3.40. The van der Waals surface area contributed by atoms with Crippen molar-refractivity contribution in [3.8, 4) is 11.5 Å². The molecule has 0 radical (unpaired) electrons. The van der Waals surface area contributed by atoms with Gasteiger partial charge in [0.15, 0.2) is 17.5 Å². The topological polar surface area (TPSA) is 75.1 Å². The maximum absolute atomic E-state index is 5.52. The number of aromatic nitrogens is 2. The summed E-state index contributed by atoms with van der Waals surface area (Å²) in [5.74, 6) is 3.14. The molecule has 1 fully saturated rings. The van der Waals surface area contributed by atoms with Gasteiger partial charge in [-0.15, -0.1) is 0 Å². The number of piperazine rings is 1. The Morgan fingerprint density at radius 3 is 2.46 bits per heavy atom. The Labute approximate surface area is 166 Å². The lowest BCUT2D eigenvalue weighted by molar-refractivity contribution is 0.351. The third-order valence-electron chi connectivity index (χ3n) is 4.63. The van der Waals surface area contributed by atoms with Gasteiger partial charge in [-0.3, -0.25) is 0 Å². The van der Waals surface area contributed by atoms with E-state index in [1.807, 2.05) is 24.3 Å². The largest absolute Gasteiger partial charge is 0.493 e. The molecule has 0 saturated carbocycles. The van der Waals surface area contributed by atoms with Crippen LogP contribution in [-0.4, -0.2) is 67.8 Å². The van der Waals surface area contributed by atoms with Gasteiger partial charge in [-0.2, -0.15) is 0 Å². The number of anilines is 1. The summed E-state index contributed by atoms with van der Waals surface area (Å²) in [6.45, 7) is 6.85. The first-order valence-corrected chi connectivity index (χ1v) is 9.52. The normalized spacial score (nSPS) is 14.8. The molecule has 150 valence electrons. The molecular formula is C20H28N6O2. The number of hydrogen-bond donors (Lipinski definition) is 1. The van der Waals surface area contributed by atoms with Gasteiger partial charge in [0, 0.05) is 50.7 Å². The fourth-order valence-corrected chi connectivity index (χ4v) is 3.24. The minimum atomic E-state index is 0.519. The van der Waals surface area contributed by atoms with E-state index in [1.165, 1.54) is 0 Å². The molecule has 8 nitrogen and oxygen atoms in total. The highest BCUT2D eigenvalue weighted by Gasteiger charge is 2.21. The van der Waals surface area contributed by atoms with E-state index in [1.54, 1.807) is 26.6 Å². The van der Waals surface area contributed by atoms with Gasteiger partial charge in [-0.25, -0.2) is 15.0 Å². The van der Waals surface area contributed by atoms with Crippen LogP contribution in [0.5, 0.6) is 11.5 Å². The Balaban J connectivity index is 1.69. The van der Waals surface area contributed by atoms with Crippen LogP contribution >= 0.6 is 0 Å². The van der Waals surface area contributed by atoms with E-state index in [4.69, 9.17) is 14.5 Å². The van der Waals surface area contributed by atoms with Crippen LogP contribution < -0.4 is 19.7 Å². The van der Waals surface area contributed by atoms with Crippen molar-refractivity contribution in [3.05, 3.63) is 42.2 Å². The van der Waals surface area contributed by atoms with Crippen molar-refractivity contribution in [1.29, 1.82) is 0 Å². The van der Waals surface area contributed by atoms with Crippen molar-refractivity contribution in [1.82, 2.24) is 20.2 Å². The Morgan fingerprint density at radius 1 is 1.07 bits per heavy atom. The molecule has 1 aromatic carbocycles. The summed E-state index contributed by atoms with van der Waals surface area (Å²) in [5.41, 5.74) is 0.994. The average molecular weight is 384 g/mol.